The van der Waals surface area contributed by atoms with Gasteiger partial charge in [0.05, 0.1) is 12.6 Å². The fraction of sp³-hybridized carbons (Fsp3) is 0.600. The maximum Gasteiger partial charge on any atom is 0.304 e. The third kappa shape index (κ3) is 4.60. The highest BCUT2D eigenvalue weighted by Gasteiger charge is 2.03. The van der Waals surface area contributed by atoms with Crippen LogP contribution in [0.3, 0.4) is 0 Å². The Morgan fingerprint density at radius 1 is 1.60 bits per heavy atom. The van der Waals surface area contributed by atoms with Crippen LogP contribution in [-0.4, -0.2) is 45.9 Å². The third-order valence-corrected chi connectivity index (χ3v) is 2.25. The number of rotatable bonds is 6. The summed E-state index contributed by atoms with van der Waals surface area (Å²) in [6, 6.07) is 0. The molecule has 0 atom stereocenters. The summed E-state index contributed by atoms with van der Waals surface area (Å²) in [7, 11) is 3.82. The van der Waals surface area contributed by atoms with Crippen molar-refractivity contribution in [1.82, 2.24) is 14.7 Å². The van der Waals surface area contributed by atoms with E-state index in [1.165, 1.54) is 5.56 Å². The van der Waals surface area contributed by atoms with Crippen molar-refractivity contribution in [2.45, 2.75) is 12.8 Å². The van der Waals surface area contributed by atoms with E-state index in [1.807, 2.05) is 31.4 Å². The monoisotopic (exact) mass is 211 g/mol. The minimum absolute atomic E-state index is 0.198. The number of carboxylic acids is 1. The summed E-state index contributed by atoms with van der Waals surface area (Å²) in [5.74, 6) is -0.747. The first-order valence-corrected chi connectivity index (χ1v) is 4.96. The maximum absolute atomic E-state index is 10.3. The van der Waals surface area contributed by atoms with Gasteiger partial charge < -0.3 is 10.0 Å². The Hall–Kier alpha value is -1.36. The molecule has 1 N–H and O–H groups in total. The molecule has 0 aliphatic heterocycles. The normalized spacial score (nSPS) is 10.9. The second kappa shape index (κ2) is 5.50. The van der Waals surface area contributed by atoms with Crippen LogP contribution in [0.1, 0.15) is 12.0 Å². The van der Waals surface area contributed by atoms with E-state index >= 15 is 0 Å². The Morgan fingerprint density at radius 3 is 2.87 bits per heavy atom. The van der Waals surface area contributed by atoms with Crippen molar-refractivity contribution in [3.8, 4) is 0 Å². The summed E-state index contributed by atoms with van der Waals surface area (Å²) < 4.78 is 1.77. The van der Waals surface area contributed by atoms with Crippen molar-refractivity contribution in [3.05, 3.63) is 18.0 Å². The van der Waals surface area contributed by atoms with Crippen molar-refractivity contribution in [2.75, 3.05) is 20.1 Å². The lowest BCUT2D eigenvalue weighted by Gasteiger charge is -2.14. The molecule has 0 aliphatic rings. The largest absolute Gasteiger partial charge is 0.481 e. The lowest BCUT2D eigenvalue weighted by molar-refractivity contribution is -0.137. The standard InChI is InChI=1S/C10H17N3O2/c1-12(6-4-10(14)15)5-3-9-7-11-13(2)8-9/h7-8H,3-6H2,1-2H3,(H,14,15). The second-order valence-electron chi connectivity index (χ2n) is 3.72. The molecule has 0 aliphatic carbocycles. The Balaban J connectivity index is 2.22. The van der Waals surface area contributed by atoms with E-state index in [2.05, 4.69) is 5.10 Å². The molecule has 84 valence electrons. The van der Waals surface area contributed by atoms with Crippen LogP contribution in [0.4, 0.5) is 0 Å². The minimum Gasteiger partial charge on any atom is -0.481 e. The van der Waals surface area contributed by atoms with Crippen molar-refractivity contribution < 1.29 is 9.90 Å². The van der Waals surface area contributed by atoms with Gasteiger partial charge in [0.2, 0.25) is 0 Å². The van der Waals surface area contributed by atoms with Crippen LogP contribution in [0.5, 0.6) is 0 Å². The summed E-state index contributed by atoms with van der Waals surface area (Å²) >= 11 is 0. The van der Waals surface area contributed by atoms with Crippen LogP contribution in [0.15, 0.2) is 12.4 Å². The first-order chi connectivity index (χ1) is 7.08. The number of carboxylic acid groups (broad SMARTS) is 1. The smallest absolute Gasteiger partial charge is 0.304 e. The average Bonchev–Trinajstić information content (AvgIpc) is 2.58. The molecule has 1 rings (SSSR count). The van der Waals surface area contributed by atoms with Gasteiger partial charge in [-0.15, -0.1) is 0 Å². The molecule has 0 radical (unpaired) electrons. The number of aryl methyl sites for hydroxylation is 1. The Bertz CT molecular complexity index is 322. The van der Waals surface area contributed by atoms with Crippen LogP contribution in [0, 0.1) is 0 Å². The summed E-state index contributed by atoms with van der Waals surface area (Å²) in [6.07, 6.45) is 4.92. The molecule has 0 spiro atoms. The summed E-state index contributed by atoms with van der Waals surface area (Å²) in [5, 5.41) is 12.6. The van der Waals surface area contributed by atoms with Crippen LogP contribution in [-0.2, 0) is 18.3 Å². The first kappa shape index (κ1) is 11.7. The number of hydrogen-bond donors (Lipinski definition) is 1. The molecule has 0 bridgehead atoms. The highest BCUT2D eigenvalue weighted by atomic mass is 16.4. The molecule has 0 saturated heterocycles. The van der Waals surface area contributed by atoms with E-state index < -0.39 is 5.97 Å². The molecule has 5 heteroatoms. The van der Waals surface area contributed by atoms with Gasteiger partial charge in [-0.3, -0.25) is 9.48 Å². The molecule has 1 heterocycles. The van der Waals surface area contributed by atoms with Crippen molar-refractivity contribution >= 4 is 5.97 Å². The van der Waals surface area contributed by atoms with Crippen molar-refractivity contribution in [2.24, 2.45) is 7.05 Å². The van der Waals surface area contributed by atoms with E-state index in [0.717, 1.165) is 13.0 Å². The highest BCUT2D eigenvalue weighted by Crippen LogP contribution is 1.99. The zero-order chi connectivity index (χ0) is 11.3. The zero-order valence-electron chi connectivity index (χ0n) is 9.18. The molecular weight excluding hydrogens is 194 g/mol. The van der Waals surface area contributed by atoms with Crippen LogP contribution < -0.4 is 0 Å². The molecule has 0 saturated carbocycles. The summed E-state index contributed by atoms with van der Waals surface area (Å²) in [4.78, 5) is 12.4. The second-order valence-corrected chi connectivity index (χ2v) is 3.72. The van der Waals surface area contributed by atoms with E-state index in [-0.39, 0.29) is 6.42 Å². The van der Waals surface area contributed by atoms with Crippen molar-refractivity contribution in [1.29, 1.82) is 0 Å². The molecule has 0 unspecified atom stereocenters. The molecule has 1 aromatic heterocycles. The number of likely N-dealkylation sites (N-methyl/N-ethyl adjacent to an activating group) is 1. The van der Waals surface area contributed by atoms with Gasteiger partial charge in [0.25, 0.3) is 0 Å². The molecule has 1 aromatic rings. The minimum atomic E-state index is -0.747. The van der Waals surface area contributed by atoms with Gasteiger partial charge in [0, 0.05) is 26.3 Å². The molecule has 0 fully saturated rings. The Kier molecular flexibility index (Phi) is 4.30. The molecule has 15 heavy (non-hydrogen) atoms. The van der Waals surface area contributed by atoms with Gasteiger partial charge >= 0.3 is 5.97 Å². The first-order valence-electron chi connectivity index (χ1n) is 4.96. The lowest BCUT2D eigenvalue weighted by atomic mass is 10.2. The van der Waals surface area contributed by atoms with Crippen LogP contribution in [0.25, 0.3) is 0 Å². The summed E-state index contributed by atoms with van der Waals surface area (Å²) in [6.45, 7) is 1.45. The molecule has 5 nitrogen and oxygen atoms in total. The number of aromatic nitrogens is 2. The Labute approximate surface area is 89.3 Å². The quantitative estimate of drug-likeness (QED) is 0.738. The topological polar surface area (TPSA) is 58.4 Å². The van der Waals surface area contributed by atoms with Gasteiger partial charge in [-0.25, -0.2) is 0 Å². The molecule has 0 aromatic carbocycles. The Morgan fingerprint density at radius 2 is 2.33 bits per heavy atom. The number of hydrogen-bond acceptors (Lipinski definition) is 3. The predicted octanol–water partition coefficient (Wildman–Crippen LogP) is 0.369. The molecule has 0 amide bonds. The van der Waals surface area contributed by atoms with Gasteiger partial charge in [0.15, 0.2) is 0 Å². The lowest BCUT2D eigenvalue weighted by Crippen LogP contribution is -2.24. The highest BCUT2D eigenvalue weighted by molar-refractivity contribution is 5.66. The van der Waals surface area contributed by atoms with Gasteiger partial charge in [0.1, 0.15) is 0 Å². The predicted molar refractivity (Wildman–Crippen MR) is 56.7 cm³/mol. The van der Waals surface area contributed by atoms with Gasteiger partial charge in [-0.05, 0) is 19.0 Å². The number of carbonyl (C=O) groups is 1. The van der Waals surface area contributed by atoms with Gasteiger partial charge in [-0.1, -0.05) is 0 Å². The third-order valence-electron chi connectivity index (χ3n) is 2.25. The fourth-order valence-electron chi connectivity index (χ4n) is 1.32. The number of aliphatic carboxylic acids is 1. The van der Waals surface area contributed by atoms with E-state index in [0.29, 0.717) is 6.54 Å². The average molecular weight is 211 g/mol. The number of nitrogens with zero attached hydrogens (tertiary/aromatic N) is 3. The van der Waals surface area contributed by atoms with E-state index in [4.69, 9.17) is 5.11 Å². The van der Waals surface area contributed by atoms with Crippen molar-refractivity contribution in [3.63, 3.8) is 0 Å². The zero-order valence-corrected chi connectivity index (χ0v) is 9.18. The summed E-state index contributed by atoms with van der Waals surface area (Å²) in [5.41, 5.74) is 1.18. The maximum atomic E-state index is 10.3. The van der Waals surface area contributed by atoms with E-state index in [1.54, 1.807) is 4.68 Å². The fourth-order valence-corrected chi connectivity index (χ4v) is 1.32. The SMILES string of the molecule is CN(CCC(=O)O)CCc1cnn(C)c1. The van der Waals surface area contributed by atoms with Crippen LogP contribution in [0.2, 0.25) is 0 Å². The van der Waals surface area contributed by atoms with Crippen LogP contribution >= 0.6 is 0 Å². The molecular formula is C10H17N3O2. The van der Waals surface area contributed by atoms with Gasteiger partial charge in [-0.2, -0.15) is 5.10 Å². The van der Waals surface area contributed by atoms with E-state index in [9.17, 15) is 4.79 Å².